The fraction of sp³-hybridized carbons (Fsp3) is 0.688. The first-order chi connectivity index (χ1) is 13.5. The summed E-state index contributed by atoms with van der Waals surface area (Å²) in [6, 6.07) is 0. The number of nitrogens with zero attached hydrogens (tertiary/aromatic N) is 5. The third-order valence-electron chi connectivity index (χ3n) is 5.31. The van der Waals surface area contributed by atoms with Gasteiger partial charge in [-0.3, -0.25) is 14.3 Å². The van der Waals surface area contributed by atoms with E-state index in [1.54, 1.807) is 0 Å². The van der Waals surface area contributed by atoms with Crippen molar-refractivity contribution in [2.24, 2.45) is 0 Å². The van der Waals surface area contributed by atoms with E-state index in [0.717, 1.165) is 0 Å². The fourth-order valence-electron chi connectivity index (χ4n) is 3.77. The second-order valence-corrected chi connectivity index (χ2v) is 6.97. The third kappa shape index (κ3) is 3.17. The van der Waals surface area contributed by atoms with Crippen molar-refractivity contribution in [3.05, 3.63) is 16.7 Å². The van der Waals surface area contributed by atoms with Crippen LogP contribution in [0.25, 0.3) is 11.2 Å². The average molecular weight is 396 g/mol. The number of rotatable bonds is 5. The number of ether oxygens (including phenoxy) is 1. The van der Waals surface area contributed by atoms with Gasteiger partial charge in [-0.1, -0.05) is 0 Å². The minimum atomic E-state index is -1.31. The molecule has 2 aliphatic heterocycles. The molecule has 0 radical (unpaired) electrons. The number of aromatic amines is 1. The lowest BCUT2D eigenvalue weighted by Gasteiger charge is -2.35. The van der Waals surface area contributed by atoms with Gasteiger partial charge in [0.25, 0.3) is 5.56 Å². The summed E-state index contributed by atoms with van der Waals surface area (Å²) < 4.78 is 7.18. The molecular weight excluding hydrogens is 372 g/mol. The lowest BCUT2D eigenvalue weighted by Crippen LogP contribution is -2.48. The number of hydrogen-bond donors (Lipinski definition) is 5. The van der Waals surface area contributed by atoms with Gasteiger partial charge in [-0.25, -0.2) is 9.97 Å². The molecule has 0 spiro atoms. The van der Waals surface area contributed by atoms with Gasteiger partial charge < -0.3 is 35.0 Å². The molecular formula is C16H24N6O6. The molecule has 0 unspecified atom stereocenters. The molecule has 0 aromatic carbocycles. The number of aromatic nitrogens is 4. The maximum absolute atomic E-state index is 12.2. The van der Waals surface area contributed by atoms with Crippen LogP contribution in [0, 0.1) is 0 Å². The van der Waals surface area contributed by atoms with Gasteiger partial charge in [-0.05, 0) is 0 Å². The molecule has 0 aliphatic carbocycles. The van der Waals surface area contributed by atoms with E-state index in [4.69, 9.17) is 9.84 Å². The van der Waals surface area contributed by atoms with Gasteiger partial charge >= 0.3 is 0 Å². The predicted molar refractivity (Wildman–Crippen MR) is 96.9 cm³/mol. The summed E-state index contributed by atoms with van der Waals surface area (Å²) in [5, 5.41) is 39.1. The Morgan fingerprint density at radius 3 is 2.57 bits per heavy atom. The summed E-state index contributed by atoms with van der Waals surface area (Å²) in [5.74, 6) is 0.401. The number of H-pyrrole nitrogens is 1. The number of β-amino-alcohol motifs (C(OH)–C–C–N with tert-alkyl or cyclic N) is 1. The van der Waals surface area contributed by atoms with Crippen LogP contribution in [0.2, 0.25) is 0 Å². The molecule has 4 atom stereocenters. The van der Waals surface area contributed by atoms with Crippen molar-refractivity contribution in [1.29, 1.82) is 0 Å². The van der Waals surface area contributed by atoms with E-state index in [1.807, 2.05) is 4.90 Å². The van der Waals surface area contributed by atoms with E-state index < -0.39 is 36.7 Å². The number of nitrogens with one attached hydrogen (secondary N) is 1. The minimum Gasteiger partial charge on any atom is -0.395 e. The van der Waals surface area contributed by atoms with E-state index in [1.165, 1.54) is 10.9 Å². The molecule has 2 saturated heterocycles. The summed E-state index contributed by atoms with van der Waals surface area (Å²) in [4.78, 5) is 27.4. The Labute approximate surface area is 159 Å². The van der Waals surface area contributed by atoms with E-state index in [0.29, 0.717) is 38.7 Å². The number of hydrogen-bond acceptors (Lipinski definition) is 10. The third-order valence-corrected chi connectivity index (χ3v) is 5.31. The Kier molecular flexibility index (Phi) is 5.31. The van der Waals surface area contributed by atoms with Gasteiger partial charge in [0, 0.05) is 32.7 Å². The average Bonchev–Trinajstić information content (AvgIpc) is 3.22. The summed E-state index contributed by atoms with van der Waals surface area (Å²) in [6.07, 6.45) is -3.34. The van der Waals surface area contributed by atoms with Crippen LogP contribution in [0.3, 0.4) is 0 Å². The van der Waals surface area contributed by atoms with Crippen LogP contribution in [0.5, 0.6) is 0 Å². The standard InChI is InChI=1S/C16H24N6O6/c23-6-5-20-1-3-21(4-2-20)16-19-10-13(17-8-18-14(10)27)22(16)15-12(26)11(25)9(7-24)28-15/h8-9,11-12,15,23-26H,1-7H2,(H,17,18,27)/t9-,11+,12-,15-/m0/s1. The Morgan fingerprint density at radius 2 is 1.93 bits per heavy atom. The zero-order valence-electron chi connectivity index (χ0n) is 15.2. The fourth-order valence-corrected chi connectivity index (χ4v) is 3.77. The number of anilines is 1. The molecule has 4 rings (SSSR count). The summed E-state index contributed by atoms with van der Waals surface area (Å²) in [5.41, 5.74) is -0.0879. The van der Waals surface area contributed by atoms with Crippen LogP contribution < -0.4 is 10.5 Å². The zero-order chi connectivity index (χ0) is 19.8. The Balaban J connectivity index is 1.74. The molecule has 2 aromatic rings. The first-order valence-corrected chi connectivity index (χ1v) is 9.21. The topological polar surface area (TPSA) is 160 Å². The van der Waals surface area contributed by atoms with E-state index in [9.17, 15) is 20.1 Å². The molecule has 5 N–H and O–H groups in total. The number of fused-ring (bicyclic) bond motifs is 1. The second-order valence-electron chi connectivity index (χ2n) is 6.97. The molecule has 0 saturated carbocycles. The van der Waals surface area contributed by atoms with Crippen molar-refractivity contribution in [2.45, 2.75) is 24.5 Å². The van der Waals surface area contributed by atoms with Gasteiger partial charge in [-0.15, -0.1) is 0 Å². The normalized spacial score (nSPS) is 29.1. The van der Waals surface area contributed by atoms with Crippen molar-refractivity contribution in [3.63, 3.8) is 0 Å². The Hall–Kier alpha value is -2.09. The number of aliphatic hydroxyl groups excluding tert-OH is 4. The summed E-state index contributed by atoms with van der Waals surface area (Å²) >= 11 is 0. The van der Waals surface area contributed by atoms with Crippen LogP contribution in [-0.2, 0) is 4.74 Å². The van der Waals surface area contributed by atoms with Gasteiger partial charge in [0.05, 0.1) is 19.5 Å². The molecule has 0 amide bonds. The first-order valence-electron chi connectivity index (χ1n) is 9.21. The van der Waals surface area contributed by atoms with Crippen molar-refractivity contribution in [1.82, 2.24) is 24.4 Å². The van der Waals surface area contributed by atoms with E-state index in [2.05, 4.69) is 19.9 Å². The smallest absolute Gasteiger partial charge is 0.278 e. The minimum absolute atomic E-state index is 0.0837. The summed E-state index contributed by atoms with van der Waals surface area (Å²) in [7, 11) is 0. The van der Waals surface area contributed by atoms with Crippen LogP contribution in [0.1, 0.15) is 6.23 Å². The van der Waals surface area contributed by atoms with Gasteiger partial charge in [-0.2, -0.15) is 0 Å². The highest BCUT2D eigenvalue weighted by molar-refractivity contribution is 5.74. The summed E-state index contributed by atoms with van der Waals surface area (Å²) in [6.45, 7) is 2.80. The quantitative estimate of drug-likeness (QED) is 0.349. The lowest BCUT2D eigenvalue weighted by molar-refractivity contribution is -0.0505. The second kappa shape index (κ2) is 7.73. The Bertz CT molecular complexity index is 878. The predicted octanol–water partition coefficient (Wildman–Crippen LogP) is -3.15. The number of imidazole rings is 1. The van der Waals surface area contributed by atoms with E-state index in [-0.39, 0.29) is 17.8 Å². The highest BCUT2D eigenvalue weighted by Crippen LogP contribution is 2.35. The van der Waals surface area contributed by atoms with E-state index >= 15 is 0 Å². The highest BCUT2D eigenvalue weighted by Gasteiger charge is 2.45. The van der Waals surface area contributed by atoms with Crippen LogP contribution in [-0.4, -0.2) is 109 Å². The molecule has 4 heterocycles. The van der Waals surface area contributed by atoms with Gasteiger partial charge in [0.1, 0.15) is 18.3 Å². The molecule has 154 valence electrons. The maximum Gasteiger partial charge on any atom is 0.278 e. The van der Waals surface area contributed by atoms with Crippen LogP contribution in [0.15, 0.2) is 11.1 Å². The number of piperazine rings is 1. The van der Waals surface area contributed by atoms with Crippen molar-refractivity contribution in [3.8, 4) is 0 Å². The maximum atomic E-state index is 12.2. The molecule has 2 aromatic heterocycles. The van der Waals surface area contributed by atoms with Crippen molar-refractivity contribution in [2.75, 3.05) is 50.8 Å². The van der Waals surface area contributed by atoms with Crippen molar-refractivity contribution >= 4 is 17.1 Å². The van der Waals surface area contributed by atoms with Crippen LogP contribution in [0.4, 0.5) is 5.95 Å². The molecule has 0 bridgehead atoms. The highest BCUT2D eigenvalue weighted by atomic mass is 16.6. The van der Waals surface area contributed by atoms with Gasteiger partial charge in [0.15, 0.2) is 17.4 Å². The monoisotopic (exact) mass is 396 g/mol. The Morgan fingerprint density at radius 1 is 1.18 bits per heavy atom. The lowest BCUT2D eigenvalue weighted by atomic mass is 10.1. The van der Waals surface area contributed by atoms with Crippen molar-refractivity contribution < 1.29 is 25.2 Å². The van der Waals surface area contributed by atoms with Gasteiger partial charge in [0.2, 0.25) is 5.95 Å². The SMILES string of the molecule is O=c1[nH]cnc2c1nc(N1CCN(CCO)CC1)n2[C@H]1O[C@@H](CO)[C@@H](O)[C@@H]1O. The number of aliphatic hydroxyl groups is 4. The first kappa shape index (κ1) is 19.2. The molecule has 2 fully saturated rings. The largest absolute Gasteiger partial charge is 0.395 e. The van der Waals surface area contributed by atoms with Crippen LogP contribution >= 0.6 is 0 Å². The molecule has 2 aliphatic rings. The molecule has 28 heavy (non-hydrogen) atoms. The molecule has 12 nitrogen and oxygen atoms in total. The zero-order valence-corrected chi connectivity index (χ0v) is 15.2. The molecule has 12 heteroatoms.